The van der Waals surface area contributed by atoms with Crippen LogP contribution in [0.4, 0.5) is 10.5 Å². The molecular formula is C21H28N4O. The Bertz CT molecular complexity index is 727. The number of nitrogens with zero attached hydrogens (tertiary/aromatic N) is 2. The lowest BCUT2D eigenvalue weighted by Gasteiger charge is -2.44. The van der Waals surface area contributed by atoms with Gasteiger partial charge in [-0.15, -0.1) is 0 Å². The van der Waals surface area contributed by atoms with Gasteiger partial charge in [-0.2, -0.15) is 0 Å². The number of nitrogens with one attached hydrogen (secondary N) is 2. The van der Waals surface area contributed by atoms with Crippen LogP contribution < -0.4 is 10.6 Å². The molecule has 5 rings (SSSR count). The zero-order valence-corrected chi connectivity index (χ0v) is 15.3. The maximum Gasteiger partial charge on any atom is 0.327 e. The molecule has 138 valence electrons. The van der Waals surface area contributed by atoms with Gasteiger partial charge in [0.1, 0.15) is 5.84 Å². The molecule has 2 amide bonds. The van der Waals surface area contributed by atoms with E-state index in [-0.39, 0.29) is 12.1 Å². The zero-order valence-electron chi connectivity index (χ0n) is 15.3. The second-order valence-corrected chi connectivity index (χ2v) is 8.56. The molecule has 3 heterocycles. The van der Waals surface area contributed by atoms with Gasteiger partial charge in [0, 0.05) is 11.1 Å². The molecule has 2 fully saturated rings. The van der Waals surface area contributed by atoms with Crippen molar-refractivity contribution in [1.29, 1.82) is 0 Å². The Morgan fingerprint density at radius 3 is 2.81 bits per heavy atom. The van der Waals surface area contributed by atoms with Crippen molar-refractivity contribution in [1.82, 2.24) is 10.2 Å². The summed E-state index contributed by atoms with van der Waals surface area (Å²) in [5, 5.41) is 6.89. The molecule has 2 atom stereocenters. The first-order valence-corrected chi connectivity index (χ1v) is 10.2. The molecule has 5 heteroatoms. The SMILES string of the molecule is O=C1Nc2ccccc2C2=NC(CC3CCC4(CCCCC4)NC3)CN12. The van der Waals surface area contributed by atoms with Gasteiger partial charge in [-0.3, -0.25) is 9.89 Å². The summed E-state index contributed by atoms with van der Waals surface area (Å²) in [5.41, 5.74) is 2.37. The number of hydrogen-bond donors (Lipinski definition) is 2. The maximum atomic E-state index is 12.4. The monoisotopic (exact) mass is 352 g/mol. The number of amidine groups is 1. The number of anilines is 1. The molecule has 2 unspecified atom stereocenters. The van der Waals surface area contributed by atoms with E-state index in [0.29, 0.717) is 11.5 Å². The molecular weight excluding hydrogens is 324 g/mol. The molecule has 0 aromatic heterocycles. The third-order valence-corrected chi connectivity index (χ3v) is 6.82. The Balaban J connectivity index is 1.26. The fourth-order valence-electron chi connectivity index (χ4n) is 5.34. The van der Waals surface area contributed by atoms with Crippen LogP contribution in [0.5, 0.6) is 0 Å². The molecule has 4 aliphatic rings. The van der Waals surface area contributed by atoms with E-state index in [2.05, 4.69) is 16.7 Å². The van der Waals surface area contributed by atoms with E-state index in [0.717, 1.165) is 36.6 Å². The summed E-state index contributed by atoms with van der Waals surface area (Å²) in [6.45, 7) is 1.83. The average Bonchev–Trinajstić information content (AvgIpc) is 3.09. The van der Waals surface area contributed by atoms with Gasteiger partial charge in [0.05, 0.1) is 18.3 Å². The summed E-state index contributed by atoms with van der Waals surface area (Å²) in [5.74, 6) is 1.54. The van der Waals surface area contributed by atoms with Crippen LogP contribution in [0, 0.1) is 5.92 Å². The second-order valence-electron chi connectivity index (χ2n) is 8.56. The van der Waals surface area contributed by atoms with E-state index >= 15 is 0 Å². The Hall–Kier alpha value is -1.88. The number of hydrogen-bond acceptors (Lipinski definition) is 3. The fraction of sp³-hybridized carbons (Fsp3) is 0.619. The lowest BCUT2D eigenvalue weighted by atomic mass is 9.73. The first-order chi connectivity index (χ1) is 12.7. The molecule has 5 nitrogen and oxygen atoms in total. The minimum Gasteiger partial charge on any atom is -0.311 e. The lowest BCUT2D eigenvalue weighted by Crippen LogP contribution is -2.52. The summed E-state index contributed by atoms with van der Waals surface area (Å²) >= 11 is 0. The van der Waals surface area contributed by atoms with Gasteiger partial charge in [-0.25, -0.2) is 4.79 Å². The Morgan fingerprint density at radius 1 is 1.15 bits per heavy atom. The van der Waals surface area contributed by atoms with Crippen molar-refractivity contribution in [2.75, 3.05) is 18.4 Å². The number of benzene rings is 1. The van der Waals surface area contributed by atoms with Gasteiger partial charge in [0.25, 0.3) is 0 Å². The number of para-hydroxylation sites is 1. The van der Waals surface area contributed by atoms with Crippen molar-refractivity contribution in [2.45, 2.75) is 62.9 Å². The molecule has 0 bridgehead atoms. The van der Waals surface area contributed by atoms with Crippen molar-refractivity contribution in [2.24, 2.45) is 10.9 Å². The van der Waals surface area contributed by atoms with Gasteiger partial charge in [-0.05, 0) is 56.7 Å². The van der Waals surface area contributed by atoms with Crippen LogP contribution in [0.25, 0.3) is 0 Å². The molecule has 1 aromatic carbocycles. The number of amides is 2. The summed E-state index contributed by atoms with van der Waals surface area (Å²) in [6, 6.07) is 8.17. The highest BCUT2D eigenvalue weighted by Gasteiger charge is 2.39. The van der Waals surface area contributed by atoms with Crippen molar-refractivity contribution < 1.29 is 4.79 Å². The number of rotatable bonds is 2. The summed E-state index contributed by atoms with van der Waals surface area (Å²) in [6.07, 6.45) is 10.6. The van der Waals surface area contributed by atoms with E-state index in [9.17, 15) is 4.79 Å². The summed E-state index contributed by atoms with van der Waals surface area (Å²) in [4.78, 5) is 19.2. The van der Waals surface area contributed by atoms with Crippen LogP contribution in [0.3, 0.4) is 0 Å². The third kappa shape index (κ3) is 2.82. The number of carbonyl (C=O) groups is 1. The van der Waals surface area contributed by atoms with Gasteiger partial charge in [0.15, 0.2) is 0 Å². The smallest absolute Gasteiger partial charge is 0.311 e. The Labute approximate surface area is 155 Å². The van der Waals surface area contributed by atoms with Gasteiger partial charge in [0.2, 0.25) is 0 Å². The fourth-order valence-corrected chi connectivity index (χ4v) is 5.34. The quantitative estimate of drug-likeness (QED) is 0.851. The summed E-state index contributed by atoms with van der Waals surface area (Å²) < 4.78 is 0. The van der Waals surface area contributed by atoms with E-state index in [1.54, 1.807) is 0 Å². The molecule has 1 saturated heterocycles. The van der Waals surface area contributed by atoms with Gasteiger partial charge >= 0.3 is 6.03 Å². The maximum absolute atomic E-state index is 12.4. The number of piperidine rings is 1. The lowest BCUT2D eigenvalue weighted by molar-refractivity contribution is 0.146. The summed E-state index contributed by atoms with van der Waals surface area (Å²) in [7, 11) is 0. The molecule has 3 aliphatic heterocycles. The Kier molecular flexibility index (Phi) is 4.00. The number of aliphatic imine (C=N–C) groups is 1. The van der Waals surface area contributed by atoms with E-state index < -0.39 is 0 Å². The largest absolute Gasteiger partial charge is 0.327 e. The van der Waals surface area contributed by atoms with Gasteiger partial charge < -0.3 is 10.6 Å². The molecule has 2 N–H and O–H groups in total. The van der Waals surface area contributed by atoms with E-state index in [4.69, 9.17) is 4.99 Å². The predicted molar refractivity (Wildman–Crippen MR) is 104 cm³/mol. The average molecular weight is 352 g/mol. The highest BCUT2D eigenvalue weighted by atomic mass is 16.2. The zero-order chi connectivity index (χ0) is 17.6. The topological polar surface area (TPSA) is 56.7 Å². The normalized spacial score (nSPS) is 29.8. The minimum atomic E-state index is -0.0344. The van der Waals surface area contributed by atoms with E-state index in [1.807, 2.05) is 23.1 Å². The van der Waals surface area contributed by atoms with Crippen molar-refractivity contribution in [3.05, 3.63) is 29.8 Å². The van der Waals surface area contributed by atoms with Crippen LogP contribution in [-0.2, 0) is 0 Å². The predicted octanol–water partition coefficient (Wildman–Crippen LogP) is 3.76. The van der Waals surface area contributed by atoms with E-state index in [1.165, 1.54) is 44.9 Å². The van der Waals surface area contributed by atoms with Gasteiger partial charge in [-0.1, -0.05) is 31.4 Å². The van der Waals surface area contributed by atoms with Crippen LogP contribution in [0.2, 0.25) is 0 Å². The number of fused-ring (bicyclic) bond motifs is 3. The first-order valence-electron chi connectivity index (χ1n) is 10.2. The number of urea groups is 1. The second kappa shape index (κ2) is 6.38. The molecule has 1 aromatic rings. The first kappa shape index (κ1) is 16.3. The van der Waals surface area contributed by atoms with Crippen molar-refractivity contribution >= 4 is 17.6 Å². The highest BCUT2D eigenvalue weighted by molar-refractivity contribution is 6.19. The molecule has 1 saturated carbocycles. The highest BCUT2D eigenvalue weighted by Crippen LogP contribution is 2.37. The molecule has 0 radical (unpaired) electrons. The Morgan fingerprint density at radius 2 is 2.00 bits per heavy atom. The third-order valence-electron chi connectivity index (χ3n) is 6.82. The molecule has 26 heavy (non-hydrogen) atoms. The standard InChI is InChI=1S/C21H28N4O/c26-20-24-18-7-3-2-6-17(18)19-23-16(14-25(19)20)12-15-8-11-21(22-13-15)9-4-1-5-10-21/h2-3,6-7,15-16,22H,1,4-5,8-14H2,(H,24,26). The molecule has 1 aliphatic carbocycles. The van der Waals surface area contributed by atoms with Crippen molar-refractivity contribution in [3.63, 3.8) is 0 Å². The van der Waals surface area contributed by atoms with Crippen LogP contribution in [0.1, 0.15) is 56.9 Å². The minimum absolute atomic E-state index is 0.0344. The van der Waals surface area contributed by atoms with Crippen molar-refractivity contribution in [3.8, 4) is 0 Å². The number of carbonyl (C=O) groups excluding carboxylic acids is 1. The van der Waals surface area contributed by atoms with Crippen LogP contribution in [-0.4, -0.2) is 41.4 Å². The van der Waals surface area contributed by atoms with Crippen LogP contribution in [0.15, 0.2) is 29.3 Å². The van der Waals surface area contributed by atoms with Crippen LogP contribution >= 0.6 is 0 Å². The molecule has 1 spiro atoms.